The predicted octanol–water partition coefficient (Wildman–Crippen LogP) is 3.95. The average molecular weight is 385 g/mol. The Kier molecular flexibility index (Phi) is 5.93. The second kappa shape index (κ2) is 8.37. The average Bonchev–Trinajstić information content (AvgIpc) is 3.10. The zero-order valence-corrected chi connectivity index (χ0v) is 16.7. The number of hydrogen-bond donors (Lipinski definition) is 1. The van der Waals surface area contributed by atoms with Crippen LogP contribution in [0, 0.1) is 0 Å². The maximum absolute atomic E-state index is 12.5. The Hall–Kier alpha value is -2.64. The summed E-state index contributed by atoms with van der Waals surface area (Å²) in [6, 6.07) is 13.4. The number of thiazole rings is 1. The third-order valence-electron chi connectivity index (χ3n) is 4.36. The number of carbonyl (C=O) groups is 1. The van der Waals surface area contributed by atoms with Crippen molar-refractivity contribution in [3.8, 4) is 11.5 Å². The van der Waals surface area contributed by atoms with Crippen LogP contribution < -0.4 is 14.8 Å². The predicted molar refractivity (Wildman–Crippen MR) is 109 cm³/mol. The Bertz CT molecular complexity index is 886. The van der Waals surface area contributed by atoms with E-state index in [1.165, 1.54) is 0 Å². The largest absolute Gasteiger partial charge is 0.497 e. The molecule has 0 saturated heterocycles. The molecule has 7 heteroatoms. The van der Waals surface area contributed by atoms with Gasteiger partial charge in [-0.3, -0.25) is 9.69 Å². The van der Waals surface area contributed by atoms with Crippen LogP contribution in [0.2, 0.25) is 0 Å². The number of benzene rings is 2. The molecule has 0 unspecified atom stereocenters. The quantitative estimate of drug-likeness (QED) is 0.667. The van der Waals surface area contributed by atoms with E-state index in [9.17, 15) is 4.79 Å². The lowest BCUT2D eigenvalue weighted by molar-refractivity contribution is -0.117. The Morgan fingerprint density at radius 1 is 1.19 bits per heavy atom. The first-order chi connectivity index (χ1) is 13.0. The van der Waals surface area contributed by atoms with E-state index in [1.54, 1.807) is 43.8 Å². The normalized spacial score (nSPS) is 12.2. The molecule has 1 aromatic heterocycles. The smallest absolute Gasteiger partial charge is 0.238 e. The van der Waals surface area contributed by atoms with Gasteiger partial charge in [-0.1, -0.05) is 12.1 Å². The van der Waals surface area contributed by atoms with Crippen molar-refractivity contribution in [2.75, 3.05) is 33.1 Å². The summed E-state index contributed by atoms with van der Waals surface area (Å²) in [5, 5.41) is 3.89. The van der Waals surface area contributed by atoms with Crippen molar-refractivity contribution in [1.82, 2.24) is 9.88 Å². The van der Waals surface area contributed by atoms with E-state index in [-0.39, 0.29) is 18.5 Å². The van der Waals surface area contributed by atoms with E-state index in [0.717, 1.165) is 15.2 Å². The fraction of sp³-hybridized carbons (Fsp3) is 0.300. The number of ether oxygens (including phenoxy) is 2. The molecular formula is C20H23N3O3S. The summed E-state index contributed by atoms with van der Waals surface area (Å²) in [5.74, 6) is 1.14. The van der Waals surface area contributed by atoms with Gasteiger partial charge in [0.2, 0.25) is 5.91 Å². The van der Waals surface area contributed by atoms with E-state index < -0.39 is 0 Å². The molecule has 2 aromatic carbocycles. The third-order valence-corrected chi connectivity index (χ3v) is 5.56. The molecule has 1 N–H and O–H groups in total. The number of methoxy groups -OCH3 is 2. The highest BCUT2D eigenvalue weighted by atomic mass is 32.1. The number of amides is 1. The van der Waals surface area contributed by atoms with Gasteiger partial charge in [0.1, 0.15) is 16.5 Å². The van der Waals surface area contributed by atoms with Crippen molar-refractivity contribution in [2.24, 2.45) is 0 Å². The van der Waals surface area contributed by atoms with Gasteiger partial charge in [0, 0.05) is 23.9 Å². The van der Waals surface area contributed by atoms with Crippen molar-refractivity contribution < 1.29 is 14.3 Å². The first-order valence-electron chi connectivity index (χ1n) is 8.58. The molecule has 0 saturated carbocycles. The van der Waals surface area contributed by atoms with Crippen LogP contribution in [0.3, 0.4) is 0 Å². The van der Waals surface area contributed by atoms with Crippen LogP contribution in [-0.4, -0.2) is 43.6 Å². The summed E-state index contributed by atoms with van der Waals surface area (Å²) in [7, 11) is 5.07. The number of nitrogens with one attached hydrogen (secondary N) is 1. The molecule has 3 rings (SSSR count). The maximum atomic E-state index is 12.5. The lowest BCUT2D eigenvalue weighted by Crippen LogP contribution is -2.32. The minimum Gasteiger partial charge on any atom is -0.497 e. The van der Waals surface area contributed by atoms with Gasteiger partial charge in [0.25, 0.3) is 0 Å². The molecule has 0 aliphatic rings. The SMILES string of the molecule is COc1cc(NC(=O)CN(C)[C@@H](C)c2nc3ccccc3s2)cc(OC)c1. The van der Waals surface area contributed by atoms with Crippen molar-refractivity contribution in [1.29, 1.82) is 0 Å². The van der Waals surface area contributed by atoms with Crippen LogP contribution in [0.5, 0.6) is 11.5 Å². The number of likely N-dealkylation sites (N-methyl/N-ethyl adjacent to an activating group) is 1. The lowest BCUT2D eigenvalue weighted by Gasteiger charge is -2.22. The molecular weight excluding hydrogens is 362 g/mol. The minimum atomic E-state index is -0.110. The van der Waals surface area contributed by atoms with Gasteiger partial charge in [-0.25, -0.2) is 4.98 Å². The molecule has 6 nitrogen and oxygen atoms in total. The van der Waals surface area contributed by atoms with Crippen LogP contribution in [0.15, 0.2) is 42.5 Å². The number of fused-ring (bicyclic) bond motifs is 1. The summed E-state index contributed by atoms with van der Waals surface area (Å²) in [4.78, 5) is 19.1. The Morgan fingerprint density at radius 3 is 2.48 bits per heavy atom. The van der Waals surface area contributed by atoms with E-state index >= 15 is 0 Å². The number of para-hydroxylation sites is 1. The summed E-state index contributed by atoms with van der Waals surface area (Å²) in [6.45, 7) is 2.30. The third kappa shape index (κ3) is 4.56. The number of hydrogen-bond acceptors (Lipinski definition) is 6. The summed E-state index contributed by atoms with van der Waals surface area (Å²) in [5.41, 5.74) is 1.63. The Balaban J connectivity index is 1.66. The molecule has 27 heavy (non-hydrogen) atoms. The second-order valence-electron chi connectivity index (χ2n) is 6.26. The van der Waals surface area contributed by atoms with Crippen molar-refractivity contribution in [3.63, 3.8) is 0 Å². The Morgan fingerprint density at radius 2 is 1.85 bits per heavy atom. The van der Waals surface area contributed by atoms with Crippen LogP contribution >= 0.6 is 11.3 Å². The maximum Gasteiger partial charge on any atom is 0.238 e. The summed E-state index contributed by atoms with van der Waals surface area (Å²) in [6.07, 6.45) is 0. The van der Waals surface area contributed by atoms with Crippen LogP contribution in [-0.2, 0) is 4.79 Å². The van der Waals surface area contributed by atoms with Gasteiger partial charge < -0.3 is 14.8 Å². The highest BCUT2D eigenvalue weighted by Gasteiger charge is 2.19. The van der Waals surface area contributed by atoms with E-state index in [0.29, 0.717) is 17.2 Å². The van der Waals surface area contributed by atoms with Crippen molar-refractivity contribution in [2.45, 2.75) is 13.0 Å². The highest BCUT2D eigenvalue weighted by molar-refractivity contribution is 7.18. The molecule has 1 atom stereocenters. The first kappa shape index (κ1) is 19.1. The summed E-state index contributed by atoms with van der Waals surface area (Å²) < 4.78 is 11.6. The monoisotopic (exact) mass is 385 g/mol. The molecule has 142 valence electrons. The molecule has 1 amide bonds. The molecule has 0 fully saturated rings. The standard InChI is InChI=1S/C20H23N3O3S/c1-13(20-22-17-7-5-6-8-18(17)27-20)23(2)12-19(24)21-14-9-15(25-3)11-16(10-14)26-4/h5-11,13H,12H2,1-4H3,(H,21,24)/t13-/m0/s1. The number of anilines is 1. The van der Waals surface area contributed by atoms with E-state index in [2.05, 4.69) is 23.3 Å². The Labute approximate surface area is 162 Å². The molecule has 3 aromatic rings. The van der Waals surface area contributed by atoms with Gasteiger partial charge in [-0.2, -0.15) is 0 Å². The van der Waals surface area contributed by atoms with E-state index in [1.807, 2.05) is 30.1 Å². The lowest BCUT2D eigenvalue weighted by atomic mass is 10.2. The minimum absolute atomic E-state index is 0.0352. The zero-order valence-electron chi connectivity index (χ0n) is 15.9. The van der Waals surface area contributed by atoms with Gasteiger partial charge in [0.05, 0.1) is 37.0 Å². The van der Waals surface area contributed by atoms with Gasteiger partial charge in [-0.15, -0.1) is 11.3 Å². The molecule has 0 aliphatic heterocycles. The number of rotatable bonds is 7. The molecule has 0 bridgehead atoms. The molecule has 0 spiro atoms. The molecule has 1 heterocycles. The summed E-state index contributed by atoms with van der Waals surface area (Å²) >= 11 is 1.66. The highest BCUT2D eigenvalue weighted by Crippen LogP contribution is 2.29. The van der Waals surface area contributed by atoms with E-state index in [4.69, 9.17) is 9.47 Å². The van der Waals surface area contributed by atoms with Gasteiger partial charge >= 0.3 is 0 Å². The second-order valence-corrected chi connectivity index (χ2v) is 7.32. The molecule has 0 aliphatic carbocycles. The molecule has 0 radical (unpaired) electrons. The fourth-order valence-electron chi connectivity index (χ4n) is 2.70. The van der Waals surface area contributed by atoms with Crippen molar-refractivity contribution >= 4 is 33.1 Å². The zero-order chi connectivity index (χ0) is 19.4. The van der Waals surface area contributed by atoms with Gasteiger partial charge in [-0.05, 0) is 26.1 Å². The van der Waals surface area contributed by atoms with Crippen molar-refractivity contribution in [3.05, 3.63) is 47.5 Å². The van der Waals surface area contributed by atoms with Gasteiger partial charge in [0.15, 0.2) is 0 Å². The number of nitrogens with zero attached hydrogens (tertiary/aromatic N) is 2. The van der Waals surface area contributed by atoms with Crippen LogP contribution in [0.25, 0.3) is 10.2 Å². The van der Waals surface area contributed by atoms with Crippen LogP contribution in [0.1, 0.15) is 18.0 Å². The number of aromatic nitrogens is 1. The topological polar surface area (TPSA) is 63.7 Å². The fourth-order valence-corrected chi connectivity index (χ4v) is 3.79. The number of carbonyl (C=O) groups excluding carboxylic acids is 1. The first-order valence-corrected chi connectivity index (χ1v) is 9.40. The van der Waals surface area contributed by atoms with Crippen LogP contribution in [0.4, 0.5) is 5.69 Å².